The van der Waals surface area contributed by atoms with Gasteiger partial charge in [0.1, 0.15) is 0 Å². The lowest BCUT2D eigenvalue weighted by Crippen LogP contribution is -2.11. The third kappa shape index (κ3) is 4.29. The summed E-state index contributed by atoms with van der Waals surface area (Å²) < 4.78 is 0.288. The van der Waals surface area contributed by atoms with Crippen molar-refractivity contribution < 1.29 is 0 Å². The second kappa shape index (κ2) is 4.21. The van der Waals surface area contributed by atoms with Gasteiger partial charge in [0.25, 0.3) is 0 Å². The maximum atomic E-state index is 2.32. The van der Waals surface area contributed by atoms with Gasteiger partial charge < -0.3 is 0 Å². The predicted molar refractivity (Wildman–Crippen MR) is 70.8 cm³/mol. The van der Waals surface area contributed by atoms with Crippen LogP contribution >= 0.6 is 11.8 Å². The highest BCUT2D eigenvalue weighted by atomic mass is 32.2. The maximum absolute atomic E-state index is 2.32. The Labute approximate surface area is 98.5 Å². The van der Waals surface area contributed by atoms with Crippen LogP contribution in [0.1, 0.15) is 47.1 Å². The highest BCUT2D eigenvalue weighted by molar-refractivity contribution is 8.00. The minimum Gasteiger partial charge on any atom is -0.120 e. The highest BCUT2D eigenvalue weighted by Gasteiger charge is 2.16. The number of hydrogen-bond acceptors (Lipinski definition) is 1. The number of hydrogen-bond donors (Lipinski definition) is 0. The molecule has 0 spiro atoms. The second-order valence-electron chi connectivity index (χ2n) is 5.99. The molecule has 0 unspecified atom stereocenters. The average Bonchev–Trinajstić information content (AvgIpc) is 1.99. The monoisotopic (exact) mass is 222 g/mol. The predicted octanol–water partition coefficient (Wildman–Crippen LogP) is 4.87. The van der Waals surface area contributed by atoms with Gasteiger partial charge in [0.15, 0.2) is 0 Å². The van der Waals surface area contributed by atoms with Crippen LogP contribution in [0.2, 0.25) is 0 Å². The van der Waals surface area contributed by atoms with Crippen LogP contribution in [0.25, 0.3) is 0 Å². The molecule has 1 aromatic rings. The molecular weight excluding hydrogens is 200 g/mol. The summed E-state index contributed by atoms with van der Waals surface area (Å²) in [6.45, 7) is 13.5. The molecule has 0 fully saturated rings. The minimum atomic E-state index is 0.244. The molecular formula is C14H22S. The second-order valence-corrected chi connectivity index (χ2v) is 7.89. The van der Waals surface area contributed by atoms with Gasteiger partial charge in [-0.3, -0.25) is 0 Å². The summed E-state index contributed by atoms with van der Waals surface area (Å²) in [5.41, 5.74) is 1.66. The van der Waals surface area contributed by atoms with Crippen LogP contribution in [-0.4, -0.2) is 4.75 Å². The molecule has 0 aromatic heterocycles. The zero-order valence-corrected chi connectivity index (χ0v) is 11.5. The summed E-state index contributed by atoms with van der Waals surface area (Å²) >= 11 is 1.93. The van der Waals surface area contributed by atoms with Gasteiger partial charge in [0, 0.05) is 9.64 Å². The van der Waals surface area contributed by atoms with Gasteiger partial charge in [0.2, 0.25) is 0 Å². The number of thioether (sulfide) groups is 1. The summed E-state index contributed by atoms with van der Waals surface area (Å²) in [5.74, 6) is 0. The average molecular weight is 222 g/mol. The van der Waals surface area contributed by atoms with Crippen LogP contribution in [0.4, 0.5) is 0 Å². The van der Waals surface area contributed by atoms with Gasteiger partial charge in [-0.1, -0.05) is 53.7 Å². The van der Waals surface area contributed by atoms with E-state index in [1.54, 1.807) is 0 Å². The molecule has 15 heavy (non-hydrogen) atoms. The van der Waals surface area contributed by atoms with Crippen molar-refractivity contribution in [1.29, 1.82) is 0 Å². The van der Waals surface area contributed by atoms with Crippen LogP contribution in [0.5, 0.6) is 0 Å². The lowest BCUT2D eigenvalue weighted by molar-refractivity contribution is 0.588. The fourth-order valence-corrected chi connectivity index (χ4v) is 2.42. The largest absolute Gasteiger partial charge is 0.120 e. The van der Waals surface area contributed by atoms with Crippen LogP contribution in [0.3, 0.4) is 0 Å². The molecule has 0 aliphatic heterocycles. The van der Waals surface area contributed by atoms with E-state index in [0.717, 1.165) is 0 Å². The lowest BCUT2D eigenvalue weighted by Gasteiger charge is -2.22. The summed E-state index contributed by atoms with van der Waals surface area (Å²) in [7, 11) is 0. The van der Waals surface area contributed by atoms with Crippen molar-refractivity contribution >= 4 is 11.8 Å². The molecule has 0 amide bonds. The van der Waals surface area contributed by atoms with Gasteiger partial charge >= 0.3 is 0 Å². The van der Waals surface area contributed by atoms with Crippen LogP contribution < -0.4 is 0 Å². The van der Waals surface area contributed by atoms with Gasteiger partial charge in [0.05, 0.1) is 0 Å². The first kappa shape index (κ1) is 12.6. The first-order chi connectivity index (χ1) is 6.68. The molecule has 0 nitrogen and oxygen atoms in total. The molecule has 0 N–H and O–H groups in total. The third-order valence-electron chi connectivity index (χ3n) is 2.12. The molecule has 0 radical (unpaired) electrons. The normalized spacial score (nSPS) is 12.9. The summed E-state index contributed by atoms with van der Waals surface area (Å²) in [6, 6.07) is 8.89. The third-order valence-corrected chi connectivity index (χ3v) is 3.23. The van der Waals surface area contributed by atoms with E-state index < -0.39 is 0 Å². The van der Waals surface area contributed by atoms with Crippen molar-refractivity contribution in [3.8, 4) is 0 Å². The van der Waals surface area contributed by atoms with Crippen LogP contribution in [-0.2, 0) is 5.41 Å². The maximum Gasteiger partial charge on any atom is 0.0122 e. The topological polar surface area (TPSA) is 0 Å². The lowest BCUT2D eigenvalue weighted by atomic mass is 9.87. The summed E-state index contributed by atoms with van der Waals surface area (Å²) in [4.78, 5) is 1.37. The Morgan fingerprint density at radius 2 is 1.53 bits per heavy atom. The van der Waals surface area contributed by atoms with Gasteiger partial charge in [-0.2, -0.15) is 0 Å². The Hall–Kier alpha value is -0.430. The molecule has 1 heteroatoms. The van der Waals surface area contributed by atoms with E-state index >= 15 is 0 Å². The van der Waals surface area contributed by atoms with Gasteiger partial charge in [-0.15, -0.1) is 11.8 Å². The Bertz CT molecular complexity index is 326. The first-order valence-corrected chi connectivity index (χ1v) is 6.30. The van der Waals surface area contributed by atoms with Crippen LogP contribution in [0.15, 0.2) is 29.2 Å². The van der Waals surface area contributed by atoms with Crippen molar-refractivity contribution in [3.05, 3.63) is 29.8 Å². The van der Waals surface area contributed by atoms with E-state index in [4.69, 9.17) is 0 Å². The molecule has 1 rings (SSSR count). The molecule has 0 aliphatic carbocycles. The highest BCUT2D eigenvalue weighted by Crippen LogP contribution is 2.34. The quantitative estimate of drug-likeness (QED) is 0.611. The van der Waals surface area contributed by atoms with E-state index in [-0.39, 0.29) is 10.2 Å². The van der Waals surface area contributed by atoms with E-state index in [0.29, 0.717) is 0 Å². The molecule has 84 valence electrons. The molecule has 0 saturated carbocycles. The Kier molecular flexibility index (Phi) is 3.55. The molecule has 0 atom stereocenters. The van der Waals surface area contributed by atoms with Crippen molar-refractivity contribution in [2.24, 2.45) is 0 Å². The zero-order chi connectivity index (χ0) is 11.7. The standard InChI is InChI=1S/C14H22S/c1-13(2,3)11-8-7-9-12(10-11)15-14(4,5)6/h7-10H,1-6H3. The first-order valence-electron chi connectivity index (χ1n) is 5.48. The zero-order valence-electron chi connectivity index (χ0n) is 10.7. The smallest absolute Gasteiger partial charge is 0.0122 e. The molecule has 0 saturated heterocycles. The van der Waals surface area contributed by atoms with Gasteiger partial charge in [-0.05, 0) is 23.1 Å². The molecule has 0 aliphatic rings. The number of benzene rings is 1. The van der Waals surface area contributed by atoms with Crippen molar-refractivity contribution in [2.75, 3.05) is 0 Å². The van der Waals surface area contributed by atoms with Crippen molar-refractivity contribution in [1.82, 2.24) is 0 Å². The minimum absolute atomic E-state index is 0.244. The molecule has 0 heterocycles. The molecule has 0 bridgehead atoms. The fourth-order valence-electron chi connectivity index (χ4n) is 1.38. The van der Waals surface area contributed by atoms with E-state index in [1.807, 2.05) is 11.8 Å². The summed E-state index contributed by atoms with van der Waals surface area (Å²) in [5, 5.41) is 0. The van der Waals surface area contributed by atoms with E-state index in [1.165, 1.54) is 10.5 Å². The Balaban J connectivity index is 2.94. The fraction of sp³-hybridized carbons (Fsp3) is 0.571. The Morgan fingerprint density at radius 3 is 2.00 bits per heavy atom. The van der Waals surface area contributed by atoms with Crippen molar-refractivity contribution in [3.63, 3.8) is 0 Å². The van der Waals surface area contributed by atoms with Gasteiger partial charge in [-0.25, -0.2) is 0 Å². The van der Waals surface area contributed by atoms with E-state index in [2.05, 4.69) is 65.8 Å². The Morgan fingerprint density at radius 1 is 0.933 bits per heavy atom. The SMILES string of the molecule is CC(C)(C)Sc1cccc(C(C)(C)C)c1. The van der Waals surface area contributed by atoms with E-state index in [9.17, 15) is 0 Å². The molecule has 1 aromatic carbocycles. The summed E-state index contributed by atoms with van der Waals surface area (Å²) in [6.07, 6.45) is 0. The van der Waals surface area contributed by atoms with Crippen LogP contribution in [0, 0.1) is 0 Å². The number of rotatable bonds is 1. The van der Waals surface area contributed by atoms with Crippen molar-refractivity contribution in [2.45, 2.75) is 56.6 Å².